The van der Waals surface area contributed by atoms with E-state index in [0.29, 0.717) is 27.7 Å². The van der Waals surface area contributed by atoms with Crippen molar-refractivity contribution < 1.29 is 23.8 Å². The zero-order chi connectivity index (χ0) is 23.7. The molecule has 1 fully saturated rings. The summed E-state index contributed by atoms with van der Waals surface area (Å²) in [6, 6.07) is 8.77. The van der Waals surface area contributed by atoms with E-state index in [1.807, 2.05) is 62.6 Å². The number of rotatable bonds is 6. The monoisotopic (exact) mass is 486 g/mol. The van der Waals surface area contributed by atoms with Crippen LogP contribution in [0.15, 0.2) is 51.9 Å². The van der Waals surface area contributed by atoms with Crippen LogP contribution in [0, 0.1) is 0 Å². The van der Waals surface area contributed by atoms with Gasteiger partial charge in [-0.3, -0.25) is 9.69 Å². The molecule has 0 saturated carbocycles. The summed E-state index contributed by atoms with van der Waals surface area (Å²) < 4.78 is 16.5. The van der Waals surface area contributed by atoms with Gasteiger partial charge >= 0.3 is 5.97 Å². The van der Waals surface area contributed by atoms with Crippen molar-refractivity contribution in [3.63, 3.8) is 0 Å². The van der Waals surface area contributed by atoms with Crippen LogP contribution in [0.3, 0.4) is 0 Å². The molecule has 33 heavy (non-hydrogen) atoms. The van der Waals surface area contributed by atoms with Gasteiger partial charge in [-0.2, -0.15) is 0 Å². The van der Waals surface area contributed by atoms with Gasteiger partial charge in [0, 0.05) is 10.6 Å². The average molecular weight is 487 g/mol. The molecule has 9 heteroatoms. The van der Waals surface area contributed by atoms with Crippen molar-refractivity contribution in [3.05, 3.63) is 62.3 Å². The molecule has 1 N–H and O–H groups in total. The molecule has 2 unspecified atom stereocenters. The SMILES string of the molecule is COC(=O)C1=C(C)NC2S/C(=C/c3cccs3)C(=O)N2C1c1ccc(OC(C)C)c(OC)c1. The lowest BCUT2D eigenvalue weighted by molar-refractivity contribution is -0.138. The summed E-state index contributed by atoms with van der Waals surface area (Å²) in [6.07, 6.45) is 1.87. The number of thioether (sulfide) groups is 1. The number of carbonyl (C=O) groups excluding carboxylic acids is 2. The molecule has 4 rings (SSSR count). The number of nitrogens with zero attached hydrogens (tertiary/aromatic N) is 1. The molecule has 0 aliphatic carbocycles. The van der Waals surface area contributed by atoms with Gasteiger partial charge in [0.05, 0.1) is 36.8 Å². The third-order valence-electron chi connectivity index (χ3n) is 5.32. The van der Waals surface area contributed by atoms with Crippen molar-refractivity contribution in [1.82, 2.24) is 10.2 Å². The van der Waals surface area contributed by atoms with E-state index in [4.69, 9.17) is 14.2 Å². The molecule has 2 atom stereocenters. The second-order valence-electron chi connectivity index (χ2n) is 7.86. The molecule has 1 amide bonds. The Morgan fingerprint density at radius 3 is 2.64 bits per heavy atom. The van der Waals surface area contributed by atoms with Gasteiger partial charge in [0.2, 0.25) is 0 Å². The van der Waals surface area contributed by atoms with Gasteiger partial charge in [0.1, 0.15) is 0 Å². The van der Waals surface area contributed by atoms with Crippen molar-refractivity contribution in [3.8, 4) is 11.5 Å². The van der Waals surface area contributed by atoms with Gasteiger partial charge < -0.3 is 19.5 Å². The normalized spacial score (nSPS) is 21.3. The van der Waals surface area contributed by atoms with Crippen molar-refractivity contribution in [2.24, 2.45) is 0 Å². The van der Waals surface area contributed by atoms with Crippen molar-refractivity contribution >= 4 is 41.1 Å². The molecular weight excluding hydrogens is 460 g/mol. The van der Waals surface area contributed by atoms with Crippen LogP contribution in [0.4, 0.5) is 0 Å². The fourth-order valence-corrected chi connectivity index (χ4v) is 5.87. The fraction of sp³-hybridized carbons (Fsp3) is 0.333. The molecule has 1 saturated heterocycles. The summed E-state index contributed by atoms with van der Waals surface area (Å²) in [4.78, 5) is 29.7. The first kappa shape index (κ1) is 23.3. The van der Waals surface area contributed by atoms with E-state index in [1.165, 1.54) is 18.9 Å². The lowest BCUT2D eigenvalue weighted by Crippen LogP contribution is -2.49. The zero-order valence-electron chi connectivity index (χ0n) is 19.1. The van der Waals surface area contributed by atoms with E-state index in [2.05, 4.69) is 5.32 Å². The minimum Gasteiger partial charge on any atom is -0.493 e. The zero-order valence-corrected chi connectivity index (χ0v) is 20.7. The van der Waals surface area contributed by atoms with Gasteiger partial charge in [0.25, 0.3) is 5.91 Å². The van der Waals surface area contributed by atoms with Crippen LogP contribution in [0.2, 0.25) is 0 Å². The number of nitrogens with one attached hydrogen (secondary N) is 1. The first-order chi connectivity index (χ1) is 15.8. The van der Waals surface area contributed by atoms with E-state index < -0.39 is 12.0 Å². The predicted molar refractivity (Wildman–Crippen MR) is 130 cm³/mol. The Morgan fingerprint density at radius 2 is 2.00 bits per heavy atom. The minimum absolute atomic E-state index is 0.0257. The highest BCUT2D eigenvalue weighted by Gasteiger charge is 2.48. The van der Waals surface area contributed by atoms with Crippen LogP contribution in [0.25, 0.3) is 6.08 Å². The van der Waals surface area contributed by atoms with Crippen LogP contribution in [-0.4, -0.2) is 42.6 Å². The maximum atomic E-state index is 13.6. The number of esters is 1. The number of amides is 1. The highest BCUT2D eigenvalue weighted by atomic mass is 32.2. The molecule has 174 valence electrons. The van der Waals surface area contributed by atoms with E-state index in [0.717, 1.165) is 10.4 Å². The molecule has 1 aromatic heterocycles. The van der Waals surface area contributed by atoms with Crippen molar-refractivity contribution in [2.75, 3.05) is 14.2 Å². The molecule has 7 nitrogen and oxygen atoms in total. The van der Waals surface area contributed by atoms with Crippen LogP contribution in [0.1, 0.15) is 37.3 Å². The Labute approximate surface area is 201 Å². The average Bonchev–Trinajstić information content (AvgIpc) is 3.40. The molecule has 2 aliphatic rings. The summed E-state index contributed by atoms with van der Waals surface area (Å²) in [5.41, 5.74) is 1.45. The summed E-state index contributed by atoms with van der Waals surface area (Å²) in [5, 5.41) is 5.27. The number of methoxy groups -OCH3 is 2. The first-order valence-corrected chi connectivity index (χ1v) is 12.2. The van der Waals surface area contributed by atoms with Crippen LogP contribution >= 0.6 is 23.1 Å². The molecule has 0 radical (unpaired) electrons. The standard InChI is InChI=1S/C24H26N2O5S2/c1-13(2)31-17-9-8-15(11-18(17)29-4)21-20(23(28)30-5)14(3)25-24-26(21)22(27)19(33-24)12-16-7-6-10-32-16/h6-13,21,24-25H,1-5H3/b19-12+. The quantitative estimate of drug-likeness (QED) is 0.475. The first-order valence-electron chi connectivity index (χ1n) is 10.5. The third-order valence-corrected chi connectivity index (χ3v) is 7.25. The minimum atomic E-state index is -0.639. The molecule has 0 spiro atoms. The smallest absolute Gasteiger partial charge is 0.337 e. The topological polar surface area (TPSA) is 77.1 Å². The molecule has 2 aliphatic heterocycles. The predicted octanol–water partition coefficient (Wildman–Crippen LogP) is 4.54. The number of hydrogen-bond acceptors (Lipinski definition) is 8. The second kappa shape index (κ2) is 9.52. The van der Waals surface area contributed by atoms with E-state index in [9.17, 15) is 9.59 Å². The number of fused-ring (bicyclic) bond motifs is 1. The van der Waals surface area contributed by atoms with Crippen LogP contribution < -0.4 is 14.8 Å². The Kier molecular flexibility index (Phi) is 6.71. The van der Waals surface area contributed by atoms with Crippen LogP contribution in [0.5, 0.6) is 11.5 Å². The number of benzene rings is 1. The number of thiophene rings is 1. The van der Waals surface area contributed by atoms with E-state index in [1.54, 1.807) is 23.3 Å². The summed E-state index contributed by atoms with van der Waals surface area (Å²) in [5.74, 6) is 0.499. The Bertz CT molecular complexity index is 1120. The van der Waals surface area contributed by atoms with Gasteiger partial charge in [-0.05, 0) is 56.0 Å². The molecule has 2 aromatic rings. The lowest BCUT2D eigenvalue weighted by Gasteiger charge is -2.39. The highest BCUT2D eigenvalue weighted by molar-refractivity contribution is 8.05. The summed E-state index contributed by atoms with van der Waals surface area (Å²) >= 11 is 3.00. The highest BCUT2D eigenvalue weighted by Crippen LogP contribution is 2.47. The maximum absolute atomic E-state index is 13.6. The Balaban J connectivity index is 1.80. The van der Waals surface area contributed by atoms with E-state index in [-0.39, 0.29) is 17.5 Å². The molecular formula is C24H26N2O5S2. The maximum Gasteiger partial charge on any atom is 0.337 e. The van der Waals surface area contributed by atoms with Crippen molar-refractivity contribution in [2.45, 2.75) is 38.4 Å². The van der Waals surface area contributed by atoms with E-state index >= 15 is 0 Å². The molecule has 3 heterocycles. The van der Waals surface area contributed by atoms with Crippen molar-refractivity contribution in [1.29, 1.82) is 0 Å². The van der Waals surface area contributed by atoms with Gasteiger partial charge in [-0.15, -0.1) is 11.3 Å². The summed E-state index contributed by atoms with van der Waals surface area (Å²) in [7, 11) is 2.91. The Hall–Kier alpha value is -2.91. The largest absolute Gasteiger partial charge is 0.493 e. The molecule has 0 bridgehead atoms. The Morgan fingerprint density at radius 1 is 1.21 bits per heavy atom. The van der Waals surface area contributed by atoms with Gasteiger partial charge in [-0.25, -0.2) is 4.79 Å². The second-order valence-corrected chi connectivity index (χ2v) is 9.96. The number of carbonyl (C=O) groups is 2. The number of ether oxygens (including phenoxy) is 3. The summed E-state index contributed by atoms with van der Waals surface area (Å²) in [6.45, 7) is 5.71. The van der Waals surface area contributed by atoms with Crippen LogP contribution in [-0.2, 0) is 14.3 Å². The number of hydrogen-bond donors (Lipinski definition) is 1. The third kappa shape index (κ3) is 4.47. The van der Waals surface area contributed by atoms with Gasteiger partial charge in [-0.1, -0.05) is 23.9 Å². The van der Waals surface area contributed by atoms with Gasteiger partial charge in [0.15, 0.2) is 17.0 Å². The fourth-order valence-electron chi connectivity index (χ4n) is 3.93. The lowest BCUT2D eigenvalue weighted by atomic mass is 9.93. The number of allylic oxidation sites excluding steroid dienone is 1. The molecule has 1 aromatic carbocycles.